The first-order valence-electron chi connectivity index (χ1n) is 8.97. The second-order valence-electron chi connectivity index (χ2n) is 7.54. The van der Waals surface area contributed by atoms with E-state index in [0.29, 0.717) is 18.7 Å². The standard InChI is InChI=1S/C22H28N2O2/c1-16-7-5-6-8-18(16)15-24-20(25)13-14-23-21(26)17-9-11-19(12-10-17)22(2,3)4/h5-12H,13-15H2,1-4H3,(H,23,26)(H,24,25). The average molecular weight is 352 g/mol. The van der Waals surface area contributed by atoms with E-state index < -0.39 is 0 Å². The van der Waals surface area contributed by atoms with Crippen LogP contribution in [0.15, 0.2) is 48.5 Å². The smallest absolute Gasteiger partial charge is 0.251 e. The summed E-state index contributed by atoms with van der Waals surface area (Å²) in [4.78, 5) is 24.1. The molecule has 0 bridgehead atoms. The van der Waals surface area contributed by atoms with E-state index >= 15 is 0 Å². The van der Waals surface area contributed by atoms with Crippen LogP contribution in [-0.2, 0) is 16.8 Å². The summed E-state index contributed by atoms with van der Waals surface area (Å²) in [7, 11) is 0. The summed E-state index contributed by atoms with van der Waals surface area (Å²) < 4.78 is 0. The molecule has 0 fully saturated rings. The molecule has 2 amide bonds. The monoisotopic (exact) mass is 352 g/mol. The topological polar surface area (TPSA) is 58.2 Å². The van der Waals surface area contributed by atoms with Gasteiger partial charge in [0.05, 0.1) is 0 Å². The van der Waals surface area contributed by atoms with Gasteiger partial charge in [0.15, 0.2) is 0 Å². The molecule has 0 aliphatic carbocycles. The zero-order valence-corrected chi connectivity index (χ0v) is 16.1. The lowest BCUT2D eigenvalue weighted by atomic mass is 9.87. The third kappa shape index (κ3) is 5.73. The fourth-order valence-corrected chi connectivity index (χ4v) is 2.60. The molecule has 0 aromatic heterocycles. The van der Waals surface area contributed by atoms with Crippen LogP contribution in [0.5, 0.6) is 0 Å². The number of nitrogens with one attached hydrogen (secondary N) is 2. The zero-order chi connectivity index (χ0) is 19.2. The molecular formula is C22H28N2O2. The van der Waals surface area contributed by atoms with Gasteiger partial charge in [0.1, 0.15) is 0 Å². The van der Waals surface area contributed by atoms with Gasteiger partial charge in [-0.3, -0.25) is 9.59 Å². The molecular weight excluding hydrogens is 324 g/mol. The summed E-state index contributed by atoms with van der Waals surface area (Å²) in [5, 5.41) is 5.68. The molecule has 4 nitrogen and oxygen atoms in total. The number of carbonyl (C=O) groups is 2. The molecule has 0 heterocycles. The Labute approximate surface area is 156 Å². The Morgan fingerprint density at radius 1 is 0.923 bits per heavy atom. The van der Waals surface area contributed by atoms with Crippen molar-refractivity contribution in [1.29, 1.82) is 0 Å². The van der Waals surface area contributed by atoms with Crippen LogP contribution in [0.4, 0.5) is 0 Å². The fourth-order valence-electron chi connectivity index (χ4n) is 2.60. The van der Waals surface area contributed by atoms with Crippen LogP contribution in [0.25, 0.3) is 0 Å². The molecule has 138 valence electrons. The molecule has 0 aliphatic rings. The minimum atomic E-state index is -0.155. The van der Waals surface area contributed by atoms with Crippen molar-refractivity contribution in [3.63, 3.8) is 0 Å². The number of carbonyl (C=O) groups excluding carboxylic acids is 2. The van der Waals surface area contributed by atoms with E-state index in [1.54, 1.807) is 0 Å². The van der Waals surface area contributed by atoms with Gasteiger partial charge in [-0.15, -0.1) is 0 Å². The molecule has 4 heteroatoms. The predicted octanol–water partition coefficient (Wildman–Crippen LogP) is 3.73. The molecule has 2 N–H and O–H groups in total. The van der Waals surface area contributed by atoms with Crippen molar-refractivity contribution in [1.82, 2.24) is 10.6 Å². The molecule has 2 rings (SSSR count). The third-order valence-corrected chi connectivity index (χ3v) is 4.39. The van der Waals surface area contributed by atoms with E-state index in [4.69, 9.17) is 0 Å². The number of hydrogen-bond donors (Lipinski definition) is 2. The highest BCUT2D eigenvalue weighted by molar-refractivity contribution is 5.94. The van der Waals surface area contributed by atoms with E-state index in [9.17, 15) is 9.59 Å². The molecule has 0 saturated carbocycles. The van der Waals surface area contributed by atoms with Crippen molar-refractivity contribution in [2.24, 2.45) is 0 Å². The van der Waals surface area contributed by atoms with E-state index in [0.717, 1.165) is 11.1 Å². The van der Waals surface area contributed by atoms with Gasteiger partial charge in [-0.05, 0) is 41.2 Å². The van der Waals surface area contributed by atoms with Crippen LogP contribution in [-0.4, -0.2) is 18.4 Å². The largest absolute Gasteiger partial charge is 0.352 e. The lowest BCUT2D eigenvalue weighted by Gasteiger charge is -2.19. The van der Waals surface area contributed by atoms with E-state index in [1.165, 1.54) is 5.56 Å². The third-order valence-electron chi connectivity index (χ3n) is 4.39. The highest BCUT2D eigenvalue weighted by Gasteiger charge is 2.14. The second kappa shape index (κ2) is 8.65. The molecule has 2 aromatic rings. The normalized spacial score (nSPS) is 11.1. The number of rotatable bonds is 6. The fraction of sp³-hybridized carbons (Fsp3) is 0.364. The van der Waals surface area contributed by atoms with Gasteiger partial charge in [-0.1, -0.05) is 57.2 Å². The van der Waals surface area contributed by atoms with Crippen molar-refractivity contribution in [3.05, 3.63) is 70.8 Å². The summed E-state index contributed by atoms with van der Waals surface area (Å²) in [5.74, 6) is -0.228. The zero-order valence-electron chi connectivity index (χ0n) is 16.1. The minimum Gasteiger partial charge on any atom is -0.352 e. The Balaban J connectivity index is 1.75. The van der Waals surface area contributed by atoms with Crippen molar-refractivity contribution in [2.45, 2.75) is 46.1 Å². The Morgan fingerprint density at radius 2 is 1.58 bits per heavy atom. The highest BCUT2D eigenvalue weighted by atomic mass is 16.2. The van der Waals surface area contributed by atoms with Crippen LogP contribution in [0.1, 0.15) is 54.2 Å². The van der Waals surface area contributed by atoms with E-state index in [2.05, 4.69) is 31.4 Å². The van der Waals surface area contributed by atoms with Crippen molar-refractivity contribution < 1.29 is 9.59 Å². The van der Waals surface area contributed by atoms with Crippen LogP contribution >= 0.6 is 0 Å². The Kier molecular flexibility index (Phi) is 6.56. The van der Waals surface area contributed by atoms with Crippen LogP contribution in [0, 0.1) is 6.92 Å². The lowest BCUT2D eigenvalue weighted by molar-refractivity contribution is -0.121. The molecule has 0 aliphatic heterocycles. The maximum atomic E-state index is 12.2. The predicted molar refractivity (Wildman–Crippen MR) is 105 cm³/mol. The average Bonchev–Trinajstić information content (AvgIpc) is 2.60. The summed E-state index contributed by atoms with van der Waals surface area (Å²) >= 11 is 0. The van der Waals surface area contributed by atoms with Gasteiger partial charge in [0, 0.05) is 25.1 Å². The lowest BCUT2D eigenvalue weighted by Crippen LogP contribution is -2.30. The van der Waals surface area contributed by atoms with Crippen molar-refractivity contribution in [3.8, 4) is 0 Å². The quantitative estimate of drug-likeness (QED) is 0.832. The van der Waals surface area contributed by atoms with Gasteiger partial charge in [-0.2, -0.15) is 0 Å². The van der Waals surface area contributed by atoms with Gasteiger partial charge in [0.2, 0.25) is 5.91 Å². The molecule has 0 radical (unpaired) electrons. The first-order valence-corrected chi connectivity index (χ1v) is 8.97. The summed E-state index contributed by atoms with van der Waals surface area (Å²) in [6.07, 6.45) is 0.262. The summed E-state index contributed by atoms with van der Waals surface area (Å²) in [6, 6.07) is 15.6. The van der Waals surface area contributed by atoms with Crippen molar-refractivity contribution >= 4 is 11.8 Å². The second-order valence-corrected chi connectivity index (χ2v) is 7.54. The Morgan fingerprint density at radius 3 is 2.19 bits per heavy atom. The van der Waals surface area contributed by atoms with E-state index in [-0.39, 0.29) is 23.7 Å². The number of aryl methyl sites for hydroxylation is 1. The number of amides is 2. The minimum absolute atomic E-state index is 0.0597. The first-order chi connectivity index (χ1) is 12.3. The van der Waals surface area contributed by atoms with Crippen LogP contribution in [0.3, 0.4) is 0 Å². The molecule has 26 heavy (non-hydrogen) atoms. The van der Waals surface area contributed by atoms with Gasteiger partial charge >= 0.3 is 0 Å². The number of benzene rings is 2. The molecule has 0 saturated heterocycles. The summed E-state index contributed by atoms with van der Waals surface area (Å²) in [5.41, 5.74) is 4.11. The number of hydrogen-bond acceptors (Lipinski definition) is 2. The van der Waals surface area contributed by atoms with Crippen molar-refractivity contribution in [2.75, 3.05) is 6.54 Å². The van der Waals surface area contributed by atoms with Gasteiger partial charge in [0.25, 0.3) is 5.91 Å². The first kappa shape index (κ1) is 19.7. The van der Waals surface area contributed by atoms with Gasteiger partial charge < -0.3 is 10.6 Å². The molecule has 0 unspecified atom stereocenters. The molecule has 2 aromatic carbocycles. The maximum Gasteiger partial charge on any atom is 0.251 e. The Hall–Kier alpha value is -2.62. The maximum absolute atomic E-state index is 12.2. The molecule has 0 spiro atoms. The van der Waals surface area contributed by atoms with Crippen LogP contribution < -0.4 is 10.6 Å². The van der Waals surface area contributed by atoms with Gasteiger partial charge in [-0.25, -0.2) is 0 Å². The Bertz CT molecular complexity index is 758. The van der Waals surface area contributed by atoms with Crippen LogP contribution in [0.2, 0.25) is 0 Å². The van der Waals surface area contributed by atoms with E-state index in [1.807, 2.05) is 55.5 Å². The SMILES string of the molecule is Cc1ccccc1CNC(=O)CCNC(=O)c1ccc(C(C)(C)C)cc1. The summed E-state index contributed by atoms with van der Waals surface area (Å²) in [6.45, 7) is 9.26. The molecule has 0 atom stereocenters. The highest BCUT2D eigenvalue weighted by Crippen LogP contribution is 2.22.